The van der Waals surface area contributed by atoms with Crippen molar-refractivity contribution < 1.29 is 9.47 Å². The van der Waals surface area contributed by atoms with Gasteiger partial charge in [0.2, 0.25) is 0 Å². The Bertz CT molecular complexity index is 1220. The average molecular weight is 525 g/mol. The van der Waals surface area contributed by atoms with Gasteiger partial charge in [0, 0.05) is 24.7 Å². The Morgan fingerprint density at radius 1 is 1.06 bits per heavy atom. The zero-order valence-electron chi connectivity index (χ0n) is 20.6. The summed E-state index contributed by atoms with van der Waals surface area (Å²) in [6.07, 6.45) is 7.08. The molecule has 2 heterocycles. The number of aromatic nitrogens is 2. The second-order valence-corrected chi connectivity index (χ2v) is 10.1. The minimum absolute atomic E-state index is 0.286. The van der Waals surface area contributed by atoms with Crippen LogP contribution >= 0.6 is 23.2 Å². The van der Waals surface area contributed by atoms with E-state index >= 15 is 0 Å². The van der Waals surface area contributed by atoms with Crippen LogP contribution in [-0.2, 0) is 12.0 Å². The molecule has 0 N–H and O–H groups in total. The third-order valence-corrected chi connectivity index (χ3v) is 7.03. The molecule has 2 aromatic carbocycles. The molecule has 1 aliphatic heterocycles. The van der Waals surface area contributed by atoms with E-state index in [1.165, 1.54) is 19.3 Å². The van der Waals surface area contributed by atoms with E-state index in [1.54, 1.807) is 6.33 Å². The number of alkyl halides is 1. The topological polar surface area (TPSA) is 71.3 Å². The van der Waals surface area contributed by atoms with E-state index in [0.717, 1.165) is 41.3 Å². The van der Waals surface area contributed by atoms with Crippen LogP contribution in [0.5, 0.6) is 11.5 Å². The van der Waals surface area contributed by atoms with Crippen molar-refractivity contribution in [3.8, 4) is 17.6 Å². The SMILES string of the molecule is CC(C)(c1ccc(OCc2cncnc2N2CCCCC2)cc1)c1cc(Cl)c(OCCCl)c(C#N)c1. The van der Waals surface area contributed by atoms with Gasteiger partial charge in [-0.2, -0.15) is 5.26 Å². The first kappa shape index (κ1) is 26.1. The van der Waals surface area contributed by atoms with E-state index in [4.69, 9.17) is 32.7 Å². The second-order valence-electron chi connectivity index (χ2n) is 9.34. The molecule has 1 aliphatic rings. The lowest BCUT2D eigenvalue weighted by atomic mass is 9.77. The fraction of sp³-hybridized carbons (Fsp3) is 0.393. The average Bonchev–Trinajstić information content (AvgIpc) is 2.91. The normalized spacial score (nSPS) is 13.8. The summed E-state index contributed by atoms with van der Waals surface area (Å²) in [5.41, 5.74) is 2.97. The predicted molar refractivity (Wildman–Crippen MR) is 143 cm³/mol. The van der Waals surface area contributed by atoms with Crippen LogP contribution in [0.25, 0.3) is 0 Å². The van der Waals surface area contributed by atoms with Gasteiger partial charge in [-0.3, -0.25) is 0 Å². The van der Waals surface area contributed by atoms with Crippen molar-refractivity contribution >= 4 is 29.0 Å². The number of nitrogens with zero attached hydrogens (tertiary/aromatic N) is 4. The molecule has 4 rings (SSSR count). The van der Waals surface area contributed by atoms with Gasteiger partial charge in [0.05, 0.1) is 22.0 Å². The number of rotatable bonds is 9. The molecule has 8 heteroatoms. The van der Waals surface area contributed by atoms with E-state index in [9.17, 15) is 5.26 Å². The van der Waals surface area contributed by atoms with Gasteiger partial charge in [0.1, 0.15) is 37.2 Å². The molecule has 36 heavy (non-hydrogen) atoms. The van der Waals surface area contributed by atoms with E-state index in [0.29, 0.717) is 28.8 Å². The molecule has 6 nitrogen and oxygen atoms in total. The van der Waals surface area contributed by atoms with Crippen molar-refractivity contribution in [3.63, 3.8) is 0 Å². The molecular weight excluding hydrogens is 495 g/mol. The Labute approximate surface area is 222 Å². The lowest BCUT2D eigenvalue weighted by Crippen LogP contribution is -2.31. The zero-order valence-corrected chi connectivity index (χ0v) is 22.1. The fourth-order valence-electron chi connectivity index (χ4n) is 4.46. The molecule has 3 aromatic rings. The van der Waals surface area contributed by atoms with Crippen LogP contribution < -0.4 is 14.4 Å². The Hall–Kier alpha value is -3.01. The lowest BCUT2D eigenvalue weighted by Gasteiger charge is -2.29. The minimum atomic E-state index is -0.395. The fourth-order valence-corrected chi connectivity index (χ4v) is 4.82. The van der Waals surface area contributed by atoms with Crippen LogP contribution in [0, 0.1) is 11.3 Å². The zero-order chi connectivity index (χ0) is 25.5. The number of benzene rings is 2. The molecule has 0 bridgehead atoms. The summed E-state index contributed by atoms with van der Waals surface area (Å²) < 4.78 is 11.7. The van der Waals surface area contributed by atoms with Crippen LogP contribution in [0.4, 0.5) is 5.82 Å². The van der Waals surface area contributed by atoms with Crippen molar-refractivity contribution in [2.24, 2.45) is 0 Å². The second kappa shape index (κ2) is 11.8. The molecule has 1 saturated heterocycles. The quantitative estimate of drug-likeness (QED) is 0.297. The van der Waals surface area contributed by atoms with Crippen LogP contribution in [0.3, 0.4) is 0 Å². The smallest absolute Gasteiger partial charge is 0.155 e. The highest BCUT2D eigenvalue weighted by molar-refractivity contribution is 6.32. The Morgan fingerprint density at radius 3 is 2.50 bits per heavy atom. The molecule has 0 radical (unpaired) electrons. The molecule has 0 saturated carbocycles. The molecule has 0 aliphatic carbocycles. The maximum absolute atomic E-state index is 9.64. The van der Waals surface area contributed by atoms with Gasteiger partial charge >= 0.3 is 0 Å². The van der Waals surface area contributed by atoms with Gasteiger partial charge in [-0.25, -0.2) is 9.97 Å². The highest BCUT2D eigenvalue weighted by Crippen LogP contribution is 2.38. The summed E-state index contributed by atoms with van der Waals surface area (Å²) in [6, 6.07) is 13.9. The van der Waals surface area contributed by atoms with Crippen molar-refractivity contribution in [2.75, 3.05) is 30.5 Å². The molecule has 0 atom stereocenters. The number of anilines is 1. The first-order valence-electron chi connectivity index (χ1n) is 12.1. The number of hydrogen-bond acceptors (Lipinski definition) is 6. The van der Waals surface area contributed by atoms with E-state index in [1.807, 2.05) is 42.6 Å². The Morgan fingerprint density at radius 2 is 1.81 bits per heavy atom. The van der Waals surface area contributed by atoms with Crippen molar-refractivity contribution in [2.45, 2.75) is 45.1 Å². The maximum atomic E-state index is 9.64. The summed E-state index contributed by atoms with van der Waals surface area (Å²) in [4.78, 5) is 11.1. The van der Waals surface area contributed by atoms with Crippen molar-refractivity contribution in [1.29, 1.82) is 5.26 Å². The van der Waals surface area contributed by atoms with Gasteiger partial charge in [-0.1, -0.05) is 37.6 Å². The van der Waals surface area contributed by atoms with Gasteiger partial charge in [0.25, 0.3) is 0 Å². The van der Waals surface area contributed by atoms with Gasteiger partial charge in [-0.15, -0.1) is 11.6 Å². The number of ether oxygens (including phenoxy) is 2. The third kappa shape index (κ3) is 5.86. The summed E-state index contributed by atoms with van der Waals surface area (Å²) in [7, 11) is 0. The van der Waals surface area contributed by atoms with Crippen LogP contribution in [-0.4, -0.2) is 35.5 Å². The molecule has 1 aromatic heterocycles. The minimum Gasteiger partial charge on any atom is -0.489 e. The van der Waals surface area contributed by atoms with E-state index in [2.05, 4.69) is 34.8 Å². The third-order valence-electron chi connectivity index (χ3n) is 6.60. The maximum Gasteiger partial charge on any atom is 0.155 e. The number of halogens is 2. The highest BCUT2D eigenvalue weighted by Gasteiger charge is 2.26. The molecule has 188 valence electrons. The van der Waals surface area contributed by atoms with Gasteiger partial charge < -0.3 is 14.4 Å². The molecule has 1 fully saturated rings. The summed E-state index contributed by atoms with van der Waals surface area (Å²) in [6.45, 7) is 6.92. The van der Waals surface area contributed by atoms with Crippen molar-refractivity contribution in [3.05, 3.63) is 76.2 Å². The highest BCUT2D eigenvalue weighted by atomic mass is 35.5. The predicted octanol–water partition coefficient (Wildman–Crippen LogP) is 6.51. The number of hydrogen-bond donors (Lipinski definition) is 0. The van der Waals surface area contributed by atoms with Crippen LogP contribution in [0.2, 0.25) is 5.02 Å². The molecule has 0 spiro atoms. The Balaban J connectivity index is 1.49. The summed E-state index contributed by atoms with van der Waals surface area (Å²) >= 11 is 12.2. The summed E-state index contributed by atoms with van der Waals surface area (Å²) in [5, 5.41) is 10.0. The van der Waals surface area contributed by atoms with Crippen molar-refractivity contribution in [1.82, 2.24) is 9.97 Å². The van der Waals surface area contributed by atoms with Crippen LogP contribution in [0.15, 0.2) is 48.9 Å². The van der Waals surface area contributed by atoms with Gasteiger partial charge in [0.15, 0.2) is 5.75 Å². The van der Waals surface area contributed by atoms with E-state index < -0.39 is 5.41 Å². The number of piperidine rings is 1. The first-order chi connectivity index (χ1) is 17.4. The molecular formula is C28H30Cl2N4O2. The lowest BCUT2D eigenvalue weighted by molar-refractivity contribution is 0.305. The van der Waals surface area contributed by atoms with E-state index in [-0.39, 0.29) is 6.61 Å². The number of nitriles is 1. The summed E-state index contributed by atoms with van der Waals surface area (Å²) in [5.74, 6) is 2.42. The van der Waals surface area contributed by atoms with Crippen LogP contribution in [0.1, 0.15) is 55.4 Å². The largest absolute Gasteiger partial charge is 0.489 e. The van der Waals surface area contributed by atoms with Gasteiger partial charge in [-0.05, 0) is 54.7 Å². The molecule has 0 unspecified atom stereocenters. The Kier molecular flexibility index (Phi) is 8.56. The molecule has 0 amide bonds. The first-order valence-corrected chi connectivity index (χ1v) is 13.1. The standard InChI is InChI=1S/C28H30Cl2N4O2/c1-28(2,23-14-20(16-31)26(25(30)15-23)35-13-10-29)22-6-8-24(9-7-22)36-18-21-17-32-19-33-27(21)34-11-4-3-5-12-34/h6-9,14-15,17,19H,3-5,10-13,18H2,1-2H3. The monoisotopic (exact) mass is 524 g/mol.